The summed E-state index contributed by atoms with van der Waals surface area (Å²) in [7, 11) is 1.64. The summed E-state index contributed by atoms with van der Waals surface area (Å²) in [5, 5.41) is 6.89. The number of methoxy groups -OCH3 is 1. The van der Waals surface area contributed by atoms with E-state index in [1.54, 1.807) is 7.11 Å². The van der Waals surface area contributed by atoms with Crippen LogP contribution >= 0.6 is 12.2 Å². The van der Waals surface area contributed by atoms with Gasteiger partial charge in [-0.3, -0.25) is 0 Å². The first-order valence-corrected chi connectivity index (χ1v) is 7.93. The molecule has 3 nitrogen and oxygen atoms in total. The van der Waals surface area contributed by atoms with E-state index in [9.17, 15) is 0 Å². The van der Waals surface area contributed by atoms with Gasteiger partial charge in [-0.2, -0.15) is 0 Å². The van der Waals surface area contributed by atoms with Crippen LogP contribution in [0.15, 0.2) is 48.5 Å². The van der Waals surface area contributed by atoms with Crippen molar-refractivity contribution in [3.8, 4) is 5.75 Å². The molecule has 0 aliphatic carbocycles. The van der Waals surface area contributed by atoms with Crippen molar-refractivity contribution >= 4 is 28.7 Å². The molecule has 4 heteroatoms. The molecular weight excluding hydrogens is 292 g/mol. The van der Waals surface area contributed by atoms with E-state index in [1.807, 2.05) is 24.3 Å². The van der Waals surface area contributed by atoms with Crippen LogP contribution in [0.25, 0.3) is 0 Å². The van der Waals surface area contributed by atoms with Gasteiger partial charge in [0.1, 0.15) is 5.75 Å². The predicted molar refractivity (Wildman–Crippen MR) is 97.9 cm³/mol. The van der Waals surface area contributed by atoms with Gasteiger partial charge in [-0.1, -0.05) is 37.6 Å². The van der Waals surface area contributed by atoms with Gasteiger partial charge >= 0.3 is 0 Å². The maximum absolute atomic E-state index is 5.35. The summed E-state index contributed by atoms with van der Waals surface area (Å²) in [6, 6.07) is 16.1. The van der Waals surface area contributed by atoms with E-state index < -0.39 is 0 Å². The van der Waals surface area contributed by atoms with Gasteiger partial charge in [0.15, 0.2) is 5.11 Å². The molecule has 116 valence electrons. The molecule has 0 aromatic heterocycles. The second-order valence-electron chi connectivity index (χ2n) is 5.08. The molecule has 2 rings (SSSR count). The molecule has 0 atom stereocenters. The number of para-hydroxylation sites is 2. The highest BCUT2D eigenvalue weighted by atomic mass is 32.1. The summed E-state index contributed by atoms with van der Waals surface area (Å²) >= 11 is 5.35. The molecule has 0 aliphatic rings. The summed E-state index contributed by atoms with van der Waals surface area (Å²) < 4.78 is 5.30. The second-order valence-corrected chi connectivity index (χ2v) is 5.49. The molecule has 0 fully saturated rings. The normalized spacial score (nSPS) is 10.1. The van der Waals surface area contributed by atoms with Crippen molar-refractivity contribution in [1.29, 1.82) is 0 Å². The average Bonchev–Trinajstić information content (AvgIpc) is 2.54. The van der Waals surface area contributed by atoms with Crippen molar-refractivity contribution in [3.63, 3.8) is 0 Å². The molecule has 0 radical (unpaired) electrons. The van der Waals surface area contributed by atoms with Crippen LogP contribution in [0.5, 0.6) is 5.75 Å². The second kappa shape index (κ2) is 8.39. The van der Waals surface area contributed by atoms with Gasteiger partial charge in [-0.05, 0) is 54.9 Å². The topological polar surface area (TPSA) is 33.3 Å². The number of rotatable bonds is 6. The van der Waals surface area contributed by atoms with Crippen molar-refractivity contribution in [2.24, 2.45) is 0 Å². The number of nitrogens with one attached hydrogen (secondary N) is 2. The van der Waals surface area contributed by atoms with Crippen LogP contribution in [0.2, 0.25) is 0 Å². The quantitative estimate of drug-likeness (QED) is 0.747. The standard InChI is InChI=1S/C18H22N2OS/c1-3-4-7-14-10-12-15(13-11-14)19-18(22)20-16-8-5-6-9-17(16)21-2/h5-6,8-13H,3-4,7H2,1-2H3,(H2,19,20,22). The van der Waals surface area contributed by atoms with Gasteiger partial charge in [0, 0.05) is 5.69 Å². The minimum absolute atomic E-state index is 0.547. The monoisotopic (exact) mass is 314 g/mol. The van der Waals surface area contributed by atoms with E-state index >= 15 is 0 Å². The Hall–Kier alpha value is -2.07. The SMILES string of the molecule is CCCCc1ccc(NC(=S)Nc2ccccc2OC)cc1. The van der Waals surface area contributed by atoms with Crippen molar-refractivity contribution in [1.82, 2.24) is 0 Å². The van der Waals surface area contributed by atoms with Gasteiger partial charge < -0.3 is 15.4 Å². The molecule has 2 aromatic rings. The highest BCUT2D eigenvalue weighted by Crippen LogP contribution is 2.23. The van der Waals surface area contributed by atoms with Crippen molar-refractivity contribution in [3.05, 3.63) is 54.1 Å². The minimum atomic E-state index is 0.547. The van der Waals surface area contributed by atoms with Crippen molar-refractivity contribution in [2.75, 3.05) is 17.7 Å². The Morgan fingerprint density at radius 3 is 2.45 bits per heavy atom. The van der Waals surface area contributed by atoms with Crippen LogP contribution in [-0.2, 0) is 6.42 Å². The van der Waals surface area contributed by atoms with Crippen LogP contribution in [0.1, 0.15) is 25.3 Å². The molecule has 0 spiro atoms. The van der Waals surface area contributed by atoms with Crippen LogP contribution in [0, 0.1) is 0 Å². The fourth-order valence-corrected chi connectivity index (χ4v) is 2.40. The Kier molecular flexibility index (Phi) is 6.22. The van der Waals surface area contributed by atoms with E-state index in [2.05, 4.69) is 41.8 Å². The predicted octanol–water partition coefficient (Wildman–Crippen LogP) is 4.85. The highest BCUT2D eigenvalue weighted by Gasteiger charge is 2.04. The summed E-state index contributed by atoms with van der Waals surface area (Å²) in [6.45, 7) is 2.21. The third-order valence-corrected chi connectivity index (χ3v) is 3.59. The maximum atomic E-state index is 5.35. The first-order valence-electron chi connectivity index (χ1n) is 7.53. The van der Waals surface area contributed by atoms with Crippen LogP contribution < -0.4 is 15.4 Å². The fraction of sp³-hybridized carbons (Fsp3) is 0.278. The lowest BCUT2D eigenvalue weighted by atomic mass is 10.1. The van der Waals surface area contributed by atoms with E-state index in [4.69, 9.17) is 17.0 Å². The van der Waals surface area contributed by atoms with Crippen molar-refractivity contribution < 1.29 is 4.74 Å². The van der Waals surface area contributed by atoms with Crippen LogP contribution in [0.3, 0.4) is 0 Å². The molecule has 2 aromatic carbocycles. The Morgan fingerprint density at radius 1 is 1.05 bits per heavy atom. The Morgan fingerprint density at radius 2 is 1.77 bits per heavy atom. The number of hydrogen-bond acceptors (Lipinski definition) is 2. The van der Waals surface area contributed by atoms with Gasteiger partial charge in [0.05, 0.1) is 12.8 Å². The lowest BCUT2D eigenvalue weighted by Gasteiger charge is -2.13. The van der Waals surface area contributed by atoms with E-state index in [0.29, 0.717) is 5.11 Å². The van der Waals surface area contributed by atoms with Crippen LogP contribution in [-0.4, -0.2) is 12.2 Å². The number of hydrogen-bond donors (Lipinski definition) is 2. The number of thiocarbonyl (C=S) groups is 1. The van der Waals surface area contributed by atoms with Crippen molar-refractivity contribution in [2.45, 2.75) is 26.2 Å². The summed E-state index contributed by atoms with van der Waals surface area (Å²) in [5.74, 6) is 0.765. The average molecular weight is 314 g/mol. The number of aryl methyl sites for hydroxylation is 1. The van der Waals surface area contributed by atoms with E-state index in [0.717, 1.165) is 23.5 Å². The maximum Gasteiger partial charge on any atom is 0.175 e. The molecule has 0 aliphatic heterocycles. The molecule has 0 bridgehead atoms. The van der Waals surface area contributed by atoms with E-state index in [1.165, 1.54) is 18.4 Å². The summed E-state index contributed by atoms with van der Waals surface area (Å²) in [5.41, 5.74) is 3.19. The molecule has 22 heavy (non-hydrogen) atoms. The Bertz CT molecular complexity index is 611. The molecule has 0 saturated heterocycles. The molecule has 0 unspecified atom stereocenters. The lowest BCUT2D eigenvalue weighted by Crippen LogP contribution is -2.19. The van der Waals surface area contributed by atoms with Crippen LogP contribution in [0.4, 0.5) is 11.4 Å². The smallest absolute Gasteiger partial charge is 0.175 e. The van der Waals surface area contributed by atoms with Gasteiger partial charge in [0.2, 0.25) is 0 Å². The minimum Gasteiger partial charge on any atom is -0.495 e. The number of anilines is 2. The van der Waals surface area contributed by atoms with E-state index in [-0.39, 0.29) is 0 Å². The molecule has 0 heterocycles. The Labute approximate surface area is 137 Å². The lowest BCUT2D eigenvalue weighted by molar-refractivity contribution is 0.417. The van der Waals surface area contributed by atoms with Gasteiger partial charge in [0.25, 0.3) is 0 Å². The molecule has 0 amide bonds. The summed E-state index contributed by atoms with van der Waals surface area (Å²) in [6.07, 6.45) is 3.56. The Balaban J connectivity index is 1.94. The number of ether oxygens (including phenoxy) is 1. The first-order chi connectivity index (χ1) is 10.7. The zero-order chi connectivity index (χ0) is 15.8. The van der Waals surface area contributed by atoms with Gasteiger partial charge in [-0.15, -0.1) is 0 Å². The summed E-state index contributed by atoms with van der Waals surface area (Å²) in [4.78, 5) is 0. The third kappa shape index (κ3) is 4.74. The largest absolute Gasteiger partial charge is 0.495 e. The zero-order valence-corrected chi connectivity index (χ0v) is 13.9. The zero-order valence-electron chi connectivity index (χ0n) is 13.1. The molecule has 0 saturated carbocycles. The number of benzene rings is 2. The fourth-order valence-electron chi connectivity index (χ4n) is 2.17. The van der Waals surface area contributed by atoms with Gasteiger partial charge in [-0.25, -0.2) is 0 Å². The highest BCUT2D eigenvalue weighted by molar-refractivity contribution is 7.80. The number of unbranched alkanes of at least 4 members (excludes halogenated alkanes) is 1. The molecular formula is C18H22N2OS. The first kappa shape index (κ1) is 16.3. The molecule has 2 N–H and O–H groups in total. The third-order valence-electron chi connectivity index (χ3n) is 3.39.